The molecule has 2 aliphatic heterocycles. The molecule has 18 heteroatoms. The SMILES string of the molecule is CC1(C)c2ccccc2N(c2ccccc2)c2c(-c3c(-n4c5ccc(C(F)(F)F)cc5c5cc(C(F)(F)F)ccc54)nc(-n4c5ccc(C(F)(F)F)cc5c5cc(C(F)(F)F)ccc54)c(-c4cccc5c4N(c4ccccc4)c4ccccc4C5(C)C)c3C#N)cccc21. The summed E-state index contributed by atoms with van der Waals surface area (Å²) in [5, 5.41) is 11.7. The van der Waals surface area contributed by atoms with E-state index in [-0.39, 0.29) is 71.9 Å². The molecule has 0 atom stereocenters. The number of pyridine rings is 1. The molecule has 0 aliphatic carbocycles. The van der Waals surface area contributed by atoms with Gasteiger partial charge in [-0.15, -0.1) is 0 Å². The Morgan fingerprint density at radius 2 is 0.649 bits per heavy atom. The molecular weight excluding hydrogens is 1220 g/mol. The summed E-state index contributed by atoms with van der Waals surface area (Å²) in [5.41, 5.74) is 0.504. The van der Waals surface area contributed by atoms with Crippen molar-refractivity contribution in [1.29, 1.82) is 5.26 Å². The summed E-state index contributed by atoms with van der Waals surface area (Å²) >= 11 is 0. The fourth-order valence-corrected chi connectivity index (χ4v) is 14.3. The molecule has 0 N–H and O–H groups in total. The van der Waals surface area contributed by atoms with Crippen LogP contribution in [0.3, 0.4) is 0 Å². The standard InChI is InChI=1S/C76H48F12N6/c1-71(2)55-23-11-13-27-63(55)91(46-17-7-5-8-18-46)67-48(21-15-25-57(67)71)65-54(41-89)66(49-22-16-26-58-68(49)92(47-19-9-6-10-20-47)64-28-14-12-24-56(64)72(58,3)4)70(94-61-35-31-44(75(83,84)85)39-52(61)53-40-45(76(86,87)88)32-36-62(53)94)90-69(65)93-59-33-29-42(73(77,78)79)37-50(59)51-38-43(74(80,81)82)30-34-60(51)93/h5-40H,1-4H3. The summed E-state index contributed by atoms with van der Waals surface area (Å²) in [6, 6.07) is 58.2. The lowest BCUT2D eigenvalue weighted by atomic mass is 9.71. The van der Waals surface area contributed by atoms with Crippen molar-refractivity contribution in [3.8, 4) is 40.0 Å². The highest BCUT2D eigenvalue weighted by Gasteiger charge is 2.44. The van der Waals surface area contributed by atoms with Gasteiger partial charge in [0.25, 0.3) is 0 Å². The molecule has 0 spiro atoms. The number of fused-ring (bicyclic) bond motifs is 10. The molecule has 6 nitrogen and oxygen atoms in total. The van der Waals surface area contributed by atoms with Crippen LogP contribution in [0.25, 0.3) is 77.5 Å². The zero-order valence-corrected chi connectivity index (χ0v) is 50.0. The Labute approximate surface area is 529 Å². The molecule has 0 unspecified atom stereocenters. The average Bonchev–Trinajstić information content (AvgIpc) is 1.11. The van der Waals surface area contributed by atoms with Crippen LogP contribution < -0.4 is 9.80 Å². The number of benzene rings is 10. The number of nitriles is 1. The highest BCUT2D eigenvalue weighted by Crippen LogP contribution is 2.60. The van der Waals surface area contributed by atoms with Crippen LogP contribution in [0, 0.1) is 11.3 Å². The number of rotatable bonds is 6. The molecule has 2 aliphatic rings. The second-order valence-corrected chi connectivity index (χ2v) is 24.6. The summed E-state index contributed by atoms with van der Waals surface area (Å²) in [6.45, 7) is 8.13. The van der Waals surface area contributed by atoms with Gasteiger partial charge in [0, 0.05) is 66.0 Å². The zero-order valence-electron chi connectivity index (χ0n) is 50.0. The maximum Gasteiger partial charge on any atom is 0.416 e. The van der Waals surface area contributed by atoms with Crippen LogP contribution in [0.5, 0.6) is 0 Å². The Balaban J connectivity index is 1.21. The summed E-state index contributed by atoms with van der Waals surface area (Å²) in [5.74, 6) is -0.505. The van der Waals surface area contributed by atoms with E-state index in [0.29, 0.717) is 45.0 Å². The van der Waals surface area contributed by atoms with Crippen molar-refractivity contribution in [2.75, 3.05) is 9.80 Å². The van der Waals surface area contributed by atoms with Crippen LogP contribution in [0.4, 0.5) is 86.8 Å². The van der Waals surface area contributed by atoms with Crippen molar-refractivity contribution in [1.82, 2.24) is 14.1 Å². The smallest absolute Gasteiger partial charge is 0.309 e. The van der Waals surface area contributed by atoms with Gasteiger partial charge in [-0.25, -0.2) is 4.98 Å². The lowest BCUT2D eigenvalue weighted by molar-refractivity contribution is -0.138. The van der Waals surface area contributed by atoms with E-state index in [4.69, 9.17) is 4.98 Å². The molecule has 0 saturated heterocycles. The van der Waals surface area contributed by atoms with Gasteiger partial charge in [0.15, 0.2) is 0 Å². The monoisotopic (exact) mass is 1270 g/mol. The third kappa shape index (κ3) is 8.98. The van der Waals surface area contributed by atoms with E-state index in [0.717, 1.165) is 95.3 Å². The molecule has 0 radical (unpaired) electrons. The van der Waals surface area contributed by atoms with E-state index in [2.05, 4.69) is 6.07 Å². The van der Waals surface area contributed by atoms with Gasteiger partial charge in [-0.3, -0.25) is 9.13 Å². The minimum Gasteiger partial charge on any atom is -0.309 e. The van der Waals surface area contributed by atoms with Crippen molar-refractivity contribution < 1.29 is 52.7 Å². The molecule has 5 heterocycles. The van der Waals surface area contributed by atoms with Crippen LogP contribution in [0.2, 0.25) is 0 Å². The second kappa shape index (κ2) is 20.6. The molecule has 10 aromatic carbocycles. The fraction of sp³-hybridized carbons (Fsp3) is 0.132. The van der Waals surface area contributed by atoms with Crippen molar-refractivity contribution >= 4 is 77.7 Å². The third-order valence-electron chi connectivity index (χ3n) is 18.6. The van der Waals surface area contributed by atoms with Crippen molar-refractivity contribution in [2.24, 2.45) is 0 Å². The summed E-state index contributed by atoms with van der Waals surface area (Å²) in [7, 11) is 0. The Morgan fingerprint density at radius 1 is 0.351 bits per heavy atom. The van der Waals surface area contributed by atoms with Gasteiger partial charge < -0.3 is 9.80 Å². The van der Waals surface area contributed by atoms with E-state index in [1.807, 2.05) is 159 Å². The van der Waals surface area contributed by atoms with E-state index in [1.54, 1.807) is 24.3 Å². The Bertz CT molecular complexity index is 4890. The number of aromatic nitrogens is 3. The molecule has 3 aromatic heterocycles. The van der Waals surface area contributed by atoms with Crippen LogP contribution >= 0.6 is 0 Å². The van der Waals surface area contributed by atoms with Gasteiger partial charge in [0.2, 0.25) is 0 Å². The predicted octanol–water partition coefficient (Wildman–Crippen LogP) is 22.8. The van der Waals surface area contributed by atoms with E-state index >= 15 is 52.7 Å². The maximum atomic E-state index is 15.1. The molecule has 466 valence electrons. The first kappa shape index (κ1) is 59.5. The molecule has 15 rings (SSSR count). The van der Waals surface area contributed by atoms with Gasteiger partial charge >= 0.3 is 24.7 Å². The van der Waals surface area contributed by atoms with Crippen molar-refractivity contribution in [3.05, 3.63) is 268 Å². The van der Waals surface area contributed by atoms with E-state index in [1.165, 1.54) is 9.13 Å². The summed E-state index contributed by atoms with van der Waals surface area (Å²) in [6.07, 6.45) is -20.0. The normalized spacial score (nSPS) is 14.5. The van der Waals surface area contributed by atoms with Crippen LogP contribution in [-0.4, -0.2) is 14.1 Å². The van der Waals surface area contributed by atoms with Crippen LogP contribution in [0.1, 0.15) is 77.8 Å². The van der Waals surface area contributed by atoms with Crippen molar-refractivity contribution in [2.45, 2.75) is 63.2 Å². The Kier molecular flexibility index (Phi) is 13.0. The molecule has 0 saturated carbocycles. The summed E-state index contributed by atoms with van der Waals surface area (Å²) < 4.78 is 184. The lowest BCUT2D eigenvalue weighted by Gasteiger charge is -2.43. The average molecular weight is 1270 g/mol. The number of para-hydroxylation sites is 6. The van der Waals surface area contributed by atoms with Gasteiger partial charge in [0.1, 0.15) is 17.7 Å². The zero-order chi connectivity index (χ0) is 65.9. The minimum atomic E-state index is -5.00. The quantitative estimate of drug-likeness (QED) is 0.156. The maximum absolute atomic E-state index is 15.1. The number of hydrogen-bond acceptors (Lipinski definition) is 4. The molecule has 0 amide bonds. The van der Waals surface area contributed by atoms with Crippen LogP contribution in [0.15, 0.2) is 218 Å². The second-order valence-electron chi connectivity index (χ2n) is 24.6. The largest absolute Gasteiger partial charge is 0.416 e. The predicted molar refractivity (Wildman–Crippen MR) is 342 cm³/mol. The van der Waals surface area contributed by atoms with Gasteiger partial charge in [-0.2, -0.15) is 57.9 Å². The third-order valence-corrected chi connectivity index (χ3v) is 18.6. The highest BCUT2D eigenvalue weighted by atomic mass is 19.4. The van der Waals surface area contributed by atoms with E-state index in [9.17, 15) is 5.26 Å². The van der Waals surface area contributed by atoms with Gasteiger partial charge in [-0.05, 0) is 131 Å². The Morgan fingerprint density at radius 3 is 0.957 bits per heavy atom. The first-order chi connectivity index (χ1) is 44.7. The number of nitrogens with zero attached hydrogens (tertiary/aromatic N) is 6. The van der Waals surface area contributed by atoms with Crippen LogP contribution in [-0.2, 0) is 35.5 Å². The van der Waals surface area contributed by atoms with Gasteiger partial charge in [0.05, 0.1) is 72.6 Å². The van der Waals surface area contributed by atoms with Crippen molar-refractivity contribution in [3.63, 3.8) is 0 Å². The number of halogens is 12. The van der Waals surface area contributed by atoms with E-state index < -0.39 is 57.8 Å². The molecule has 13 aromatic rings. The summed E-state index contributed by atoms with van der Waals surface area (Å²) in [4.78, 5) is 9.75. The number of hydrogen-bond donors (Lipinski definition) is 0. The first-order valence-corrected chi connectivity index (χ1v) is 29.8. The minimum absolute atomic E-state index is 0.00613. The molecular formula is C76H48F12N6. The van der Waals surface area contributed by atoms with Gasteiger partial charge in [-0.1, -0.05) is 137 Å². The molecule has 0 fully saturated rings. The Hall–Kier alpha value is -10.8. The molecule has 0 bridgehead atoms. The molecule has 94 heavy (non-hydrogen) atoms. The fourth-order valence-electron chi connectivity index (χ4n) is 14.3. The topological polar surface area (TPSA) is 53.0 Å². The first-order valence-electron chi connectivity index (χ1n) is 29.8. The number of anilines is 6. The number of alkyl halides is 12. The highest BCUT2D eigenvalue weighted by molar-refractivity contribution is 6.14. The lowest BCUT2D eigenvalue weighted by Crippen LogP contribution is -2.31.